The van der Waals surface area contributed by atoms with E-state index in [4.69, 9.17) is 0 Å². The van der Waals surface area contributed by atoms with Crippen LogP contribution in [0.1, 0.15) is 5.69 Å². The van der Waals surface area contributed by atoms with Gasteiger partial charge >= 0.3 is 0 Å². The van der Waals surface area contributed by atoms with Gasteiger partial charge in [-0.1, -0.05) is 18.2 Å². The average Bonchev–Trinajstić information content (AvgIpc) is 2.48. The number of aromatic hydroxyl groups is 1. The minimum absolute atomic E-state index is 0.227. The third kappa shape index (κ3) is 2.56. The molecule has 0 aliphatic rings. The molecule has 0 atom stereocenters. The lowest BCUT2D eigenvalue weighted by Gasteiger charge is -2.01. The highest BCUT2D eigenvalue weighted by Gasteiger charge is 2.00. The van der Waals surface area contributed by atoms with Crippen LogP contribution in [0.3, 0.4) is 0 Å². The standard InChI is InChI=1S/C15H12N4O/c20-14-5-3-4-11-8-12(17-10-13(11)14)9-18-19-15-6-1-2-7-16-15/h1-10,20H,(H,16,19)/b18-9-. The smallest absolute Gasteiger partial charge is 0.146 e. The van der Waals surface area contributed by atoms with Crippen LogP contribution in [-0.2, 0) is 0 Å². The summed E-state index contributed by atoms with van der Waals surface area (Å²) >= 11 is 0. The number of nitrogens with one attached hydrogen (secondary N) is 1. The minimum atomic E-state index is 0.227. The number of hydrazone groups is 1. The Labute approximate surface area is 115 Å². The Balaban J connectivity index is 1.81. The van der Waals surface area contributed by atoms with Gasteiger partial charge in [-0.25, -0.2) is 4.98 Å². The first kappa shape index (κ1) is 12.1. The number of anilines is 1. The van der Waals surface area contributed by atoms with Crippen molar-refractivity contribution in [1.82, 2.24) is 9.97 Å². The van der Waals surface area contributed by atoms with Crippen molar-refractivity contribution >= 4 is 22.8 Å². The van der Waals surface area contributed by atoms with Crippen LogP contribution in [0.5, 0.6) is 5.75 Å². The van der Waals surface area contributed by atoms with Gasteiger partial charge in [-0.05, 0) is 29.7 Å². The predicted octanol–water partition coefficient (Wildman–Crippen LogP) is 2.78. The number of fused-ring (bicyclic) bond motifs is 1. The molecule has 0 spiro atoms. The molecule has 3 rings (SSSR count). The number of aromatic nitrogens is 2. The van der Waals surface area contributed by atoms with Gasteiger partial charge in [0.25, 0.3) is 0 Å². The molecule has 20 heavy (non-hydrogen) atoms. The molecular formula is C15H12N4O. The van der Waals surface area contributed by atoms with Crippen LogP contribution in [0, 0.1) is 0 Å². The van der Waals surface area contributed by atoms with Crippen LogP contribution in [0.25, 0.3) is 10.8 Å². The number of phenols is 1. The quantitative estimate of drug-likeness (QED) is 0.563. The van der Waals surface area contributed by atoms with Crippen molar-refractivity contribution in [1.29, 1.82) is 0 Å². The molecule has 2 aromatic heterocycles. The van der Waals surface area contributed by atoms with Gasteiger partial charge in [0.1, 0.15) is 11.6 Å². The third-order valence-electron chi connectivity index (χ3n) is 2.80. The molecule has 5 nitrogen and oxygen atoms in total. The van der Waals surface area contributed by atoms with Crippen molar-refractivity contribution in [2.45, 2.75) is 0 Å². The second kappa shape index (κ2) is 5.36. The lowest BCUT2D eigenvalue weighted by Crippen LogP contribution is -1.94. The Morgan fingerprint density at radius 3 is 2.90 bits per heavy atom. The zero-order chi connectivity index (χ0) is 13.8. The van der Waals surface area contributed by atoms with E-state index >= 15 is 0 Å². The maximum atomic E-state index is 9.69. The van der Waals surface area contributed by atoms with E-state index in [0.717, 1.165) is 10.8 Å². The maximum Gasteiger partial charge on any atom is 0.146 e. The summed E-state index contributed by atoms with van der Waals surface area (Å²) in [7, 11) is 0. The molecule has 0 bridgehead atoms. The number of phenolic OH excluding ortho intramolecular Hbond substituents is 1. The Morgan fingerprint density at radius 1 is 1.10 bits per heavy atom. The van der Waals surface area contributed by atoms with Gasteiger partial charge in [-0.15, -0.1) is 0 Å². The summed E-state index contributed by atoms with van der Waals surface area (Å²) < 4.78 is 0. The predicted molar refractivity (Wildman–Crippen MR) is 78.9 cm³/mol. The van der Waals surface area contributed by atoms with Crippen LogP contribution in [0.4, 0.5) is 5.82 Å². The van der Waals surface area contributed by atoms with E-state index in [9.17, 15) is 5.11 Å². The van der Waals surface area contributed by atoms with E-state index < -0.39 is 0 Å². The average molecular weight is 264 g/mol. The highest BCUT2D eigenvalue weighted by molar-refractivity contribution is 5.91. The fourth-order valence-electron chi connectivity index (χ4n) is 1.84. The summed E-state index contributed by atoms with van der Waals surface area (Å²) in [5, 5.41) is 15.4. The summed E-state index contributed by atoms with van der Waals surface area (Å²) in [6, 6.07) is 12.8. The largest absolute Gasteiger partial charge is 0.507 e. The Hall–Kier alpha value is -2.95. The van der Waals surface area contributed by atoms with Gasteiger partial charge in [-0.2, -0.15) is 5.10 Å². The summed E-state index contributed by atoms with van der Waals surface area (Å²) in [4.78, 5) is 8.32. The van der Waals surface area contributed by atoms with Crippen molar-refractivity contribution < 1.29 is 5.11 Å². The van der Waals surface area contributed by atoms with Gasteiger partial charge in [0.05, 0.1) is 11.9 Å². The fraction of sp³-hybridized carbons (Fsp3) is 0. The van der Waals surface area contributed by atoms with E-state index in [1.807, 2.05) is 30.3 Å². The van der Waals surface area contributed by atoms with Crippen LogP contribution >= 0.6 is 0 Å². The van der Waals surface area contributed by atoms with E-state index in [0.29, 0.717) is 11.5 Å². The van der Waals surface area contributed by atoms with Gasteiger partial charge in [0.2, 0.25) is 0 Å². The van der Waals surface area contributed by atoms with Gasteiger partial charge in [0.15, 0.2) is 0 Å². The van der Waals surface area contributed by atoms with E-state index in [1.165, 1.54) is 0 Å². The van der Waals surface area contributed by atoms with Crippen LogP contribution in [-0.4, -0.2) is 21.3 Å². The van der Waals surface area contributed by atoms with Gasteiger partial charge < -0.3 is 5.11 Å². The molecule has 0 unspecified atom stereocenters. The summed E-state index contributed by atoms with van der Waals surface area (Å²) in [6.45, 7) is 0. The molecule has 0 radical (unpaired) electrons. The lowest BCUT2D eigenvalue weighted by atomic mass is 10.1. The lowest BCUT2D eigenvalue weighted by molar-refractivity contribution is 0.481. The van der Waals surface area contributed by atoms with Crippen molar-refractivity contribution in [3.63, 3.8) is 0 Å². The maximum absolute atomic E-state index is 9.69. The molecule has 0 fully saturated rings. The Kier molecular flexibility index (Phi) is 3.24. The number of rotatable bonds is 3. The van der Waals surface area contributed by atoms with Crippen molar-refractivity contribution in [2.24, 2.45) is 5.10 Å². The number of nitrogens with zero attached hydrogens (tertiary/aromatic N) is 3. The number of benzene rings is 1. The molecule has 1 aromatic carbocycles. The molecular weight excluding hydrogens is 252 g/mol. The van der Waals surface area contributed by atoms with E-state index in [-0.39, 0.29) is 5.75 Å². The molecule has 0 amide bonds. The first-order chi connectivity index (χ1) is 9.83. The zero-order valence-electron chi connectivity index (χ0n) is 10.6. The van der Waals surface area contributed by atoms with Crippen molar-refractivity contribution in [2.75, 3.05) is 5.43 Å². The molecule has 0 saturated carbocycles. The number of hydrogen-bond donors (Lipinski definition) is 2. The van der Waals surface area contributed by atoms with Crippen LogP contribution in [0.15, 0.2) is 60.0 Å². The van der Waals surface area contributed by atoms with Crippen LogP contribution < -0.4 is 5.43 Å². The molecule has 5 heteroatoms. The summed E-state index contributed by atoms with van der Waals surface area (Å²) in [5.41, 5.74) is 3.52. The summed E-state index contributed by atoms with van der Waals surface area (Å²) in [5.74, 6) is 0.896. The fourth-order valence-corrected chi connectivity index (χ4v) is 1.84. The zero-order valence-corrected chi connectivity index (χ0v) is 10.6. The van der Waals surface area contributed by atoms with Crippen molar-refractivity contribution in [3.8, 4) is 5.75 Å². The normalized spacial score (nSPS) is 11.0. The molecule has 3 aromatic rings. The topological polar surface area (TPSA) is 70.4 Å². The Morgan fingerprint density at radius 2 is 2.05 bits per heavy atom. The molecule has 2 N–H and O–H groups in total. The highest BCUT2D eigenvalue weighted by Crippen LogP contribution is 2.23. The van der Waals surface area contributed by atoms with Gasteiger partial charge in [-0.3, -0.25) is 10.4 Å². The SMILES string of the molecule is Oc1cccc2cc(/C=N\Nc3ccccn3)ncc12. The molecule has 2 heterocycles. The first-order valence-corrected chi connectivity index (χ1v) is 6.11. The molecule has 0 aliphatic heterocycles. The second-order valence-corrected chi connectivity index (χ2v) is 4.19. The number of hydrogen-bond acceptors (Lipinski definition) is 5. The van der Waals surface area contributed by atoms with E-state index in [1.54, 1.807) is 30.7 Å². The minimum Gasteiger partial charge on any atom is -0.507 e. The molecule has 0 saturated heterocycles. The van der Waals surface area contributed by atoms with Gasteiger partial charge in [0, 0.05) is 17.8 Å². The second-order valence-electron chi connectivity index (χ2n) is 4.19. The molecule has 98 valence electrons. The Bertz CT molecular complexity index is 756. The summed E-state index contributed by atoms with van der Waals surface area (Å²) in [6.07, 6.45) is 4.93. The molecule has 0 aliphatic carbocycles. The van der Waals surface area contributed by atoms with Crippen molar-refractivity contribution in [3.05, 3.63) is 60.6 Å². The van der Waals surface area contributed by atoms with E-state index in [2.05, 4.69) is 20.5 Å². The third-order valence-corrected chi connectivity index (χ3v) is 2.80. The first-order valence-electron chi connectivity index (χ1n) is 6.11. The van der Waals surface area contributed by atoms with Crippen LogP contribution in [0.2, 0.25) is 0 Å². The monoisotopic (exact) mass is 264 g/mol. The highest BCUT2D eigenvalue weighted by atomic mass is 16.3. The number of pyridine rings is 2.